The van der Waals surface area contributed by atoms with Crippen LogP contribution in [0.15, 0.2) is 30.6 Å². The molecule has 0 amide bonds. The molecule has 92 valence electrons. The quantitative estimate of drug-likeness (QED) is 0.792. The lowest BCUT2D eigenvalue weighted by molar-refractivity contribution is 0.155. The lowest BCUT2D eigenvalue weighted by Crippen LogP contribution is -2.32. The molecule has 0 aliphatic heterocycles. The Hall–Kier alpha value is -1.17. The number of rotatable bonds is 5. The molecule has 0 N–H and O–H groups in total. The van der Waals surface area contributed by atoms with E-state index in [9.17, 15) is 8.78 Å². The van der Waals surface area contributed by atoms with E-state index in [1.165, 1.54) is 0 Å². The van der Waals surface area contributed by atoms with Crippen molar-refractivity contribution in [2.24, 2.45) is 0 Å². The second-order valence-electron chi connectivity index (χ2n) is 3.57. The van der Waals surface area contributed by atoms with Gasteiger partial charge >= 0.3 is 0 Å². The Bertz CT molecular complexity index is 486. The van der Waals surface area contributed by atoms with E-state index in [0.29, 0.717) is 11.9 Å². The first-order valence-corrected chi connectivity index (χ1v) is 6.35. The number of fused-ring (bicyclic) bond motifs is 1. The van der Waals surface area contributed by atoms with Gasteiger partial charge < -0.3 is 4.90 Å². The third-order valence-corrected chi connectivity index (χ3v) is 2.80. The van der Waals surface area contributed by atoms with E-state index in [2.05, 4.69) is 20.9 Å². The van der Waals surface area contributed by atoms with Gasteiger partial charge in [0.15, 0.2) is 0 Å². The van der Waals surface area contributed by atoms with Crippen molar-refractivity contribution in [3.63, 3.8) is 0 Å². The lowest BCUT2D eigenvalue weighted by atomic mass is 10.4. The lowest BCUT2D eigenvalue weighted by Gasteiger charge is -2.24. The molecule has 0 atom stereocenters. The van der Waals surface area contributed by atoms with Gasteiger partial charge in [0.1, 0.15) is 11.5 Å². The van der Waals surface area contributed by atoms with Crippen molar-refractivity contribution in [3.05, 3.63) is 30.6 Å². The maximum absolute atomic E-state index is 12.5. The maximum Gasteiger partial charge on any atom is 0.255 e. The molecule has 0 aliphatic carbocycles. The molecule has 3 nitrogen and oxygen atoms in total. The number of hydrogen-bond acceptors (Lipinski definition) is 2. The van der Waals surface area contributed by atoms with E-state index in [1.807, 2.05) is 22.6 Å². The molecule has 0 saturated heterocycles. The highest BCUT2D eigenvalue weighted by atomic mass is 79.9. The summed E-state index contributed by atoms with van der Waals surface area (Å²) in [6.07, 6.45) is 1.08. The fourth-order valence-corrected chi connectivity index (χ4v) is 2.19. The van der Waals surface area contributed by atoms with Crippen LogP contribution in [0.1, 0.15) is 0 Å². The molecule has 0 unspecified atom stereocenters. The summed E-state index contributed by atoms with van der Waals surface area (Å²) >= 11 is 3.28. The molecular weight excluding hydrogens is 292 g/mol. The topological polar surface area (TPSA) is 20.5 Å². The molecule has 0 bridgehead atoms. The average Bonchev–Trinajstić information content (AvgIpc) is 2.75. The van der Waals surface area contributed by atoms with E-state index in [1.54, 1.807) is 17.3 Å². The molecule has 0 fully saturated rings. The zero-order chi connectivity index (χ0) is 12.3. The number of pyridine rings is 1. The van der Waals surface area contributed by atoms with Crippen LogP contribution in [0.5, 0.6) is 0 Å². The van der Waals surface area contributed by atoms with Crippen LogP contribution in [0.3, 0.4) is 0 Å². The van der Waals surface area contributed by atoms with Crippen LogP contribution in [0, 0.1) is 0 Å². The molecule has 6 heteroatoms. The summed E-state index contributed by atoms with van der Waals surface area (Å²) in [7, 11) is 0. The fraction of sp³-hybridized carbons (Fsp3) is 0.364. The van der Waals surface area contributed by atoms with Crippen LogP contribution in [0.25, 0.3) is 5.65 Å². The highest BCUT2D eigenvalue weighted by molar-refractivity contribution is 9.09. The minimum Gasteiger partial charge on any atom is -0.351 e. The van der Waals surface area contributed by atoms with Crippen LogP contribution < -0.4 is 4.90 Å². The van der Waals surface area contributed by atoms with Crippen molar-refractivity contribution in [1.29, 1.82) is 0 Å². The van der Waals surface area contributed by atoms with Crippen molar-refractivity contribution < 1.29 is 8.78 Å². The fourth-order valence-electron chi connectivity index (χ4n) is 1.76. The Morgan fingerprint density at radius 2 is 2.24 bits per heavy atom. The Kier molecular flexibility index (Phi) is 3.93. The van der Waals surface area contributed by atoms with Crippen LogP contribution >= 0.6 is 15.9 Å². The zero-order valence-corrected chi connectivity index (χ0v) is 10.6. The monoisotopic (exact) mass is 303 g/mol. The molecule has 0 aliphatic rings. The van der Waals surface area contributed by atoms with Gasteiger partial charge in [-0.2, -0.15) is 0 Å². The molecule has 0 aromatic carbocycles. The standard InChI is InChI=1S/C11H12BrF2N3/c12-4-6-16(8-9(13)14)11-3-1-2-10-15-5-7-17(10)11/h1-3,5,7,9H,4,6,8H2. The molecule has 0 saturated carbocycles. The molecule has 17 heavy (non-hydrogen) atoms. The zero-order valence-electron chi connectivity index (χ0n) is 9.06. The molecule has 2 rings (SSSR count). The van der Waals surface area contributed by atoms with Crippen molar-refractivity contribution >= 4 is 27.4 Å². The predicted octanol–water partition coefficient (Wildman–Crippen LogP) is 2.80. The first-order valence-electron chi connectivity index (χ1n) is 5.23. The van der Waals surface area contributed by atoms with E-state index in [4.69, 9.17) is 0 Å². The Morgan fingerprint density at radius 3 is 2.94 bits per heavy atom. The molecule has 2 aromatic heterocycles. The van der Waals surface area contributed by atoms with Gasteiger partial charge in [0.05, 0.1) is 6.54 Å². The minimum absolute atomic E-state index is 0.275. The highest BCUT2D eigenvalue weighted by Gasteiger charge is 2.14. The first kappa shape index (κ1) is 12.3. The summed E-state index contributed by atoms with van der Waals surface area (Å²) in [4.78, 5) is 5.79. The van der Waals surface area contributed by atoms with Gasteiger partial charge in [0, 0.05) is 24.3 Å². The van der Waals surface area contributed by atoms with Gasteiger partial charge in [0.25, 0.3) is 6.43 Å². The van der Waals surface area contributed by atoms with Gasteiger partial charge in [-0.15, -0.1) is 0 Å². The van der Waals surface area contributed by atoms with E-state index in [-0.39, 0.29) is 6.54 Å². The number of imidazole rings is 1. The van der Waals surface area contributed by atoms with Gasteiger partial charge in [-0.1, -0.05) is 22.0 Å². The summed E-state index contributed by atoms with van der Waals surface area (Å²) in [5.74, 6) is 0.736. The van der Waals surface area contributed by atoms with E-state index in [0.717, 1.165) is 11.5 Å². The number of hydrogen-bond donors (Lipinski definition) is 0. The molecular formula is C11H12BrF2N3. The van der Waals surface area contributed by atoms with Crippen molar-refractivity contribution in [2.45, 2.75) is 6.43 Å². The Balaban J connectivity index is 2.36. The van der Waals surface area contributed by atoms with E-state index < -0.39 is 6.43 Å². The van der Waals surface area contributed by atoms with Gasteiger partial charge in [0.2, 0.25) is 0 Å². The number of anilines is 1. The number of alkyl halides is 3. The number of aromatic nitrogens is 2. The van der Waals surface area contributed by atoms with E-state index >= 15 is 0 Å². The third-order valence-electron chi connectivity index (χ3n) is 2.44. The van der Waals surface area contributed by atoms with Crippen LogP contribution in [0.4, 0.5) is 14.6 Å². The third kappa shape index (κ3) is 2.74. The van der Waals surface area contributed by atoms with Gasteiger partial charge in [-0.3, -0.25) is 4.40 Å². The number of halogens is 3. The summed E-state index contributed by atoms with van der Waals surface area (Å²) in [6.45, 7) is 0.254. The highest BCUT2D eigenvalue weighted by Crippen LogP contribution is 2.17. The van der Waals surface area contributed by atoms with Gasteiger partial charge in [-0.05, 0) is 12.1 Å². The molecule has 0 radical (unpaired) electrons. The molecule has 2 heterocycles. The summed E-state index contributed by atoms with van der Waals surface area (Å²) < 4.78 is 26.9. The summed E-state index contributed by atoms with van der Waals surface area (Å²) in [5, 5.41) is 0.644. The van der Waals surface area contributed by atoms with Crippen molar-refractivity contribution in [3.8, 4) is 0 Å². The van der Waals surface area contributed by atoms with Crippen molar-refractivity contribution in [2.75, 3.05) is 23.3 Å². The van der Waals surface area contributed by atoms with Crippen LogP contribution in [-0.2, 0) is 0 Å². The smallest absolute Gasteiger partial charge is 0.255 e. The van der Waals surface area contributed by atoms with Crippen LogP contribution in [0.2, 0.25) is 0 Å². The van der Waals surface area contributed by atoms with Crippen molar-refractivity contribution in [1.82, 2.24) is 9.38 Å². The molecule has 2 aromatic rings. The predicted molar refractivity (Wildman–Crippen MR) is 67.2 cm³/mol. The maximum atomic E-state index is 12.5. The number of nitrogens with zero attached hydrogens (tertiary/aromatic N) is 3. The second-order valence-corrected chi connectivity index (χ2v) is 4.36. The SMILES string of the molecule is FC(F)CN(CCBr)c1cccc2nccn12. The largest absolute Gasteiger partial charge is 0.351 e. The summed E-state index contributed by atoms with van der Waals surface area (Å²) in [6, 6.07) is 5.49. The normalized spacial score (nSPS) is 11.3. The molecule has 0 spiro atoms. The van der Waals surface area contributed by atoms with Crippen LogP contribution in [-0.4, -0.2) is 34.2 Å². The summed E-state index contributed by atoms with van der Waals surface area (Å²) in [5.41, 5.74) is 0.760. The minimum atomic E-state index is -2.35. The first-order chi connectivity index (χ1) is 8.22. The Morgan fingerprint density at radius 1 is 1.41 bits per heavy atom. The van der Waals surface area contributed by atoms with Gasteiger partial charge in [-0.25, -0.2) is 13.8 Å². The second kappa shape index (κ2) is 5.44. The Labute approximate surface area is 106 Å². The average molecular weight is 304 g/mol.